The Morgan fingerprint density at radius 1 is 0.583 bits per heavy atom. The van der Waals surface area contributed by atoms with Gasteiger partial charge >= 0.3 is 11.9 Å². The number of carbonyl (C=O) groups is 2. The maximum Gasteiger partial charge on any atom is 0.317 e. The topological polar surface area (TPSA) is 52.6 Å². The molecule has 24 heavy (non-hydrogen) atoms. The van der Waals surface area contributed by atoms with Gasteiger partial charge in [0.2, 0.25) is 0 Å². The van der Waals surface area contributed by atoms with Crippen LogP contribution in [0.1, 0.15) is 97.3 Å². The molecule has 0 saturated carbocycles. The molecular weight excluding hydrogens is 340 g/mol. The normalized spacial score (nSPS) is 10.1. The summed E-state index contributed by atoms with van der Waals surface area (Å²) in [6, 6.07) is 0. The molecule has 0 spiro atoms. The van der Waals surface area contributed by atoms with Crippen LogP contribution < -0.4 is 0 Å². The van der Waals surface area contributed by atoms with Crippen LogP contribution in [-0.2, 0) is 40.8 Å². The molecule has 0 rings (SSSR count). The first kappa shape index (κ1) is 25.9. The number of ether oxygens (including phenoxy) is 2. The summed E-state index contributed by atoms with van der Waals surface area (Å²) in [5.74, 6) is -0.932. The average molecular weight is 376 g/mol. The first-order valence-corrected chi connectivity index (χ1v) is 9.52. The average Bonchev–Trinajstić information content (AvgIpc) is 2.53. The van der Waals surface area contributed by atoms with E-state index in [0.717, 1.165) is 25.7 Å². The minimum atomic E-state index is -0.466. The predicted octanol–water partition coefficient (Wildman–Crippen LogP) is 5.18. The van der Waals surface area contributed by atoms with E-state index >= 15 is 0 Å². The molecule has 0 aliphatic carbocycles. The van der Waals surface area contributed by atoms with E-state index in [2.05, 4.69) is 13.8 Å². The van der Waals surface area contributed by atoms with E-state index < -0.39 is 11.9 Å². The molecule has 0 aromatic carbocycles. The molecule has 0 heterocycles. The first-order valence-electron chi connectivity index (χ1n) is 9.52. The van der Waals surface area contributed by atoms with Crippen LogP contribution in [0.15, 0.2) is 0 Å². The van der Waals surface area contributed by atoms with Crippen LogP contribution in [0.2, 0.25) is 0 Å². The quantitative estimate of drug-likeness (QED) is 0.161. The Morgan fingerprint density at radius 3 is 1.29 bits per heavy atom. The third kappa shape index (κ3) is 19.7. The zero-order chi connectivity index (χ0) is 17.2. The minimum Gasteiger partial charge on any atom is -0.465 e. The van der Waals surface area contributed by atoms with Crippen LogP contribution in [0.25, 0.3) is 0 Å². The first-order chi connectivity index (χ1) is 11.2. The van der Waals surface area contributed by atoms with Crippen LogP contribution in [0.4, 0.5) is 0 Å². The van der Waals surface area contributed by atoms with E-state index in [1.54, 1.807) is 0 Å². The molecule has 0 bridgehead atoms. The van der Waals surface area contributed by atoms with Crippen molar-refractivity contribution in [2.24, 2.45) is 0 Å². The molecule has 0 amide bonds. The smallest absolute Gasteiger partial charge is 0.317 e. The zero-order valence-electron chi connectivity index (χ0n) is 15.7. The van der Waals surface area contributed by atoms with Gasteiger partial charge in [-0.1, -0.05) is 78.1 Å². The number of hydrogen-bond acceptors (Lipinski definition) is 4. The summed E-state index contributed by atoms with van der Waals surface area (Å²) in [7, 11) is 0. The number of rotatable bonds is 16. The molecule has 0 aromatic heterocycles. The van der Waals surface area contributed by atoms with Gasteiger partial charge in [0.25, 0.3) is 0 Å². The maximum atomic E-state index is 11.5. The molecule has 140 valence electrons. The second kappa shape index (κ2) is 20.7. The van der Waals surface area contributed by atoms with Gasteiger partial charge in [-0.15, -0.1) is 0 Å². The molecule has 0 saturated heterocycles. The monoisotopic (exact) mass is 376 g/mol. The van der Waals surface area contributed by atoms with E-state index in [4.69, 9.17) is 9.47 Å². The van der Waals surface area contributed by atoms with Gasteiger partial charge in [0, 0.05) is 21.7 Å². The van der Waals surface area contributed by atoms with Crippen molar-refractivity contribution in [2.45, 2.75) is 97.3 Å². The standard InChI is InChI=1S/C19H36O4.Ti/c1-3-5-7-9-11-13-15-22-18(20)17-19(21)23-16-14-12-10-8-6-4-2;/h3-17H2,1-2H3;. The van der Waals surface area contributed by atoms with Gasteiger partial charge in [-0.3, -0.25) is 9.59 Å². The Morgan fingerprint density at radius 2 is 0.917 bits per heavy atom. The third-order valence-corrected chi connectivity index (χ3v) is 3.81. The summed E-state index contributed by atoms with van der Waals surface area (Å²) in [6.07, 6.45) is 13.5. The van der Waals surface area contributed by atoms with Gasteiger partial charge in [0.1, 0.15) is 6.42 Å². The van der Waals surface area contributed by atoms with E-state index in [1.165, 1.54) is 51.4 Å². The number of unbranched alkanes of at least 4 members (excludes halogenated alkanes) is 10. The van der Waals surface area contributed by atoms with Gasteiger partial charge < -0.3 is 9.47 Å². The summed E-state index contributed by atoms with van der Waals surface area (Å²) in [5.41, 5.74) is 0. The fourth-order valence-electron chi connectivity index (χ4n) is 2.36. The fraction of sp³-hybridized carbons (Fsp3) is 0.895. The van der Waals surface area contributed by atoms with Crippen molar-refractivity contribution in [3.05, 3.63) is 0 Å². The summed E-state index contributed by atoms with van der Waals surface area (Å²) in [4.78, 5) is 22.9. The van der Waals surface area contributed by atoms with Crippen molar-refractivity contribution in [3.8, 4) is 0 Å². The van der Waals surface area contributed by atoms with Gasteiger partial charge in [0.15, 0.2) is 0 Å². The van der Waals surface area contributed by atoms with Crippen molar-refractivity contribution in [1.29, 1.82) is 0 Å². The van der Waals surface area contributed by atoms with E-state index in [1.807, 2.05) is 0 Å². The molecule has 0 aliphatic heterocycles. The molecule has 0 atom stereocenters. The van der Waals surface area contributed by atoms with Crippen LogP contribution in [0.5, 0.6) is 0 Å². The second-order valence-electron chi connectivity index (χ2n) is 6.15. The van der Waals surface area contributed by atoms with Gasteiger partial charge in [-0.25, -0.2) is 0 Å². The maximum absolute atomic E-state index is 11.5. The summed E-state index contributed by atoms with van der Waals surface area (Å²) in [5, 5.41) is 0. The van der Waals surface area contributed by atoms with Gasteiger partial charge in [0.05, 0.1) is 13.2 Å². The van der Waals surface area contributed by atoms with Crippen molar-refractivity contribution in [2.75, 3.05) is 13.2 Å². The molecule has 5 heteroatoms. The van der Waals surface area contributed by atoms with Crippen LogP contribution in [0, 0.1) is 0 Å². The number of esters is 2. The molecule has 4 nitrogen and oxygen atoms in total. The van der Waals surface area contributed by atoms with Crippen LogP contribution in [0.3, 0.4) is 0 Å². The Bertz CT molecular complexity index is 267. The Labute approximate surface area is 163 Å². The fourth-order valence-corrected chi connectivity index (χ4v) is 2.36. The molecule has 0 radical (unpaired) electrons. The van der Waals surface area contributed by atoms with Crippen LogP contribution in [-0.4, -0.2) is 25.2 Å². The van der Waals surface area contributed by atoms with Gasteiger partial charge in [-0.05, 0) is 12.8 Å². The van der Waals surface area contributed by atoms with Gasteiger partial charge in [-0.2, -0.15) is 0 Å². The molecular formula is C19H36O4Ti. The Kier molecular flexibility index (Phi) is 22.3. The molecule has 0 aromatic rings. The van der Waals surface area contributed by atoms with E-state index in [-0.39, 0.29) is 28.1 Å². The van der Waals surface area contributed by atoms with Crippen molar-refractivity contribution in [1.82, 2.24) is 0 Å². The number of hydrogen-bond donors (Lipinski definition) is 0. The van der Waals surface area contributed by atoms with E-state index in [9.17, 15) is 9.59 Å². The second-order valence-corrected chi connectivity index (χ2v) is 6.15. The molecule has 0 N–H and O–H groups in total. The predicted molar refractivity (Wildman–Crippen MR) is 93.3 cm³/mol. The Hall–Kier alpha value is -0.346. The van der Waals surface area contributed by atoms with Crippen molar-refractivity contribution >= 4 is 11.9 Å². The third-order valence-electron chi connectivity index (χ3n) is 3.81. The van der Waals surface area contributed by atoms with Crippen LogP contribution >= 0.6 is 0 Å². The summed E-state index contributed by atoms with van der Waals surface area (Å²) < 4.78 is 10.1. The van der Waals surface area contributed by atoms with E-state index in [0.29, 0.717) is 13.2 Å². The molecule has 0 unspecified atom stereocenters. The largest absolute Gasteiger partial charge is 0.465 e. The SMILES string of the molecule is CCCCCCCCOC(=O)CC(=O)OCCCCCCCC.[Ti]. The van der Waals surface area contributed by atoms with Crippen molar-refractivity contribution in [3.63, 3.8) is 0 Å². The van der Waals surface area contributed by atoms with Crippen molar-refractivity contribution < 1.29 is 40.8 Å². The molecule has 0 fully saturated rings. The molecule has 0 aliphatic rings. The zero-order valence-corrected chi connectivity index (χ0v) is 17.3. The minimum absolute atomic E-state index is 0. The Balaban J connectivity index is 0. The summed E-state index contributed by atoms with van der Waals surface area (Å²) >= 11 is 0. The number of carbonyl (C=O) groups excluding carboxylic acids is 2. The summed E-state index contributed by atoms with van der Waals surface area (Å²) in [6.45, 7) is 5.20.